The van der Waals surface area contributed by atoms with Gasteiger partial charge in [-0.15, -0.1) is 0 Å². The van der Waals surface area contributed by atoms with Crippen LogP contribution >= 0.6 is 11.6 Å². The molecule has 29 heavy (non-hydrogen) atoms. The highest BCUT2D eigenvalue weighted by atomic mass is 35.5. The summed E-state index contributed by atoms with van der Waals surface area (Å²) in [6.45, 7) is 4.59. The van der Waals surface area contributed by atoms with Gasteiger partial charge in [0.2, 0.25) is 0 Å². The van der Waals surface area contributed by atoms with Crippen LogP contribution in [0.4, 0.5) is 5.69 Å². The molecule has 7 heteroatoms. The average molecular weight is 413 g/mol. The van der Waals surface area contributed by atoms with Crippen molar-refractivity contribution in [1.29, 1.82) is 0 Å². The molecule has 0 radical (unpaired) electrons. The number of rotatable bonds is 5. The van der Waals surface area contributed by atoms with Crippen molar-refractivity contribution in [2.24, 2.45) is 0 Å². The first-order valence-electron chi connectivity index (χ1n) is 9.54. The van der Waals surface area contributed by atoms with E-state index in [2.05, 4.69) is 0 Å². The molecule has 2 aliphatic rings. The van der Waals surface area contributed by atoms with E-state index in [1.165, 1.54) is 4.90 Å². The largest absolute Gasteiger partial charge is 0.494 e. The zero-order valence-electron chi connectivity index (χ0n) is 16.1. The van der Waals surface area contributed by atoms with E-state index in [1.54, 1.807) is 48.5 Å². The summed E-state index contributed by atoms with van der Waals surface area (Å²) in [5.74, 6) is 0.0172. The molecule has 150 valence electrons. The Hall–Kier alpha value is -2.83. The van der Waals surface area contributed by atoms with E-state index < -0.39 is 0 Å². The van der Waals surface area contributed by atoms with Crippen molar-refractivity contribution in [2.45, 2.75) is 6.92 Å². The van der Waals surface area contributed by atoms with Gasteiger partial charge in [-0.3, -0.25) is 9.59 Å². The Morgan fingerprint density at radius 2 is 1.62 bits per heavy atom. The summed E-state index contributed by atoms with van der Waals surface area (Å²) >= 11 is 6.02. The zero-order valence-corrected chi connectivity index (χ0v) is 16.8. The number of hydrogen-bond donors (Lipinski definition) is 0. The highest BCUT2D eigenvalue weighted by Gasteiger charge is 2.42. The van der Waals surface area contributed by atoms with E-state index >= 15 is 0 Å². The lowest BCUT2D eigenvalue weighted by molar-refractivity contribution is -0.121. The number of ether oxygens (including phenoxy) is 2. The molecule has 0 spiro atoms. The summed E-state index contributed by atoms with van der Waals surface area (Å²) in [5, 5.41) is 0.572. The molecule has 1 saturated heterocycles. The minimum Gasteiger partial charge on any atom is -0.494 e. The van der Waals surface area contributed by atoms with Crippen LogP contribution in [0.25, 0.3) is 5.57 Å². The molecule has 2 aromatic carbocycles. The first-order chi connectivity index (χ1) is 14.1. The summed E-state index contributed by atoms with van der Waals surface area (Å²) in [5.41, 5.74) is 1.98. The van der Waals surface area contributed by atoms with Crippen LogP contribution in [0.15, 0.2) is 54.2 Å². The molecule has 0 saturated carbocycles. The van der Waals surface area contributed by atoms with Crippen LogP contribution in [-0.4, -0.2) is 49.6 Å². The van der Waals surface area contributed by atoms with Gasteiger partial charge in [0.25, 0.3) is 11.8 Å². The number of benzene rings is 2. The van der Waals surface area contributed by atoms with Gasteiger partial charge in [-0.25, -0.2) is 4.90 Å². The molecule has 2 heterocycles. The van der Waals surface area contributed by atoms with Gasteiger partial charge in [-0.1, -0.05) is 23.7 Å². The Morgan fingerprint density at radius 3 is 2.24 bits per heavy atom. The number of morpholine rings is 1. The number of halogens is 1. The molecule has 0 N–H and O–H groups in total. The monoisotopic (exact) mass is 412 g/mol. The Labute approximate surface area is 174 Å². The van der Waals surface area contributed by atoms with Crippen molar-refractivity contribution in [1.82, 2.24) is 4.90 Å². The normalized spacial score (nSPS) is 17.3. The second-order valence-electron chi connectivity index (χ2n) is 6.70. The number of hydrogen-bond acceptors (Lipinski definition) is 5. The van der Waals surface area contributed by atoms with Crippen LogP contribution in [0.3, 0.4) is 0 Å². The maximum absolute atomic E-state index is 13.4. The van der Waals surface area contributed by atoms with Crippen LogP contribution in [0.2, 0.25) is 5.02 Å². The molecule has 2 amide bonds. The predicted octanol–water partition coefficient (Wildman–Crippen LogP) is 3.36. The van der Waals surface area contributed by atoms with Crippen LogP contribution in [0, 0.1) is 0 Å². The molecule has 0 aromatic heterocycles. The van der Waals surface area contributed by atoms with Crippen LogP contribution < -0.4 is 9.64 Å². The van der Waals surface area contributed by atoms with Crippen molar-refractivity contribution in [3.05, 3.63) is 64.8 Å². The number of nitrogens with zero attached hydrogens (tertiary/aromatic N) is 2. The number of anilines is 1. The lowest BCUT2D eigenvalue weighted by atomic mass is 10.0. The highest BCUT2D eigenvalue weighted by Crippen LogP contribution is 2.36. The fraction of sp³-hybridized carbons (Fsp3) is 0.273. The molecular weight excluding hydrogens is 392 g/mol. The number of imide groups is 1. The third-order valence-electron chi connectivity index (χ3n) is 4.93. The van der Waals surface area contributed by atoms with E-state index in [1.807, 2.05) is 11.8 Å². The van der Waals surface area contributed by atoms with E-state index in [0.29, 0.717) is 66.2 Å². The molecule has 0 unspecified atom stereocenters. The average Bonchev–Trinajstić information content (AvgIpc) is 3.00. The van der Waals surface area contributed by atoms with Gasteiger partial charge in [-0.05, 0) is 48.9 Å². The maximum atomic E-state index is 13.4. The van der Waals surface area contributed by atoms with E-state index in [-0.39, 0.29) is 11.8 Å². The van der Waals surface area contributed by atoms with Gasteiger partial charge >= 0.3 is 0 Å². The van der Waals surface area contributed by atoms with Gasteiger partial charge in [0, 0.05) is 18.1 Å². The summed E-state index contributed by atoms with van der Waals surface area (Å²) < 4.78 is 10.9. The number of amides is 2. The highest BCUT2D eigenvalue weighted by molar-refractivity contribution is 6.45. The van der Waals surface area contributed by atoms with Gasteiger partial charge in [0.05, 0.1) is 31.1 Å². The molecule has 0 aliphatic carbocycles. The second-order valence-corrected chi connectivity index (χ2v) is 7.14. The number of carbonyl (C=O) groups is 2. The Kier molecular flexibility index (Phi) is 5.56. The first kappa shape index (κ1) is 19.5. The first-order valence-corrected chi connectivity index (χ1v) is 9.92. The molecule has 0 atom stereocenters. The van der Waals surface area contributed by atoms with Gasteiger partial charge < -0.3 is 14.4 Å². The van der Waals surface area contributed by atoms with Crippen molar-refractivity contribution >= 4 is 34.7 Å². The molecular formula is C22H21ClN2O4. The minimum absolute atomic E-state index is 0.328. The lowest BCUT2D eigenvalue weighted by Gasteiger charge is -2.29. The van der Waals surface area contributed by atoms with Gasteiger partial charge in [0.15, 0.2) is 0 Å². The fourth-order valence-corrected chi connectivity index (χ4v) is 3.69. The van der Waals surface area contributed by atoms with Crippen LogP contribution in [0.1, 0.15) is 12.5 Å². The maximum Gasteiger partial charge on any atom is 0.282 e. The summed E-state index contributed by atoms with van der Waals surface area (Å²) in [6, 6.07) is 13.9. The van der Waals surface area contributed by atoms with E-state index in [9.17, 15) is 9.59 Å². The smallest absolute Gasteiger partial charge is 0.282 e. The summed E-state index contributed by atoms with van der Waals surface area (Å²) in [7, 11) is 0. The Balaban J connectivity index is 1.75. The summed E-state index contributed by atoms with van der Waals surface area (Å²) in [6.07, 6.45) is 0. The van der Waals surface area contributed by atoms with E-state index in [4.69, 9.17) is 21.1 Å². The third kappa shape index (κ3) is 3.73. The SMILES string of the molecule is CCOc1ccc(N2C(=O)C(c3ccc(Cl)cc3)=C(N3CCOCC3)C2=O)cc1. The van der Waals surface area contributed by atoms with Crippen LogP contribution in [0.5, 0.6) is 5.75 Å². The van der Waals surface area contributed by atoms with Crippen LogP contribution in [-0.2, 0) is 14.3 Å². The molecule has 1 fully saturated rings. The van der Waals surface area contributed by atoms with E-state index in [0.717, 1.165) is 0 Å². The van der Waals surface area contributed by atoms with Gasteiger partial charge in [0.1, 0.15) is 11.4 Å². The molecule has 2 aromatic rings. The standard InChI is InChI=1S/C22H21ClN2O4/c1-2-29-18-9-7-17(8-10-18)25-21(26)19(15-3-5-16(23)6-4-15)20(22(25)27)24-11-13-28-14-12-24/h3-10H,2,11-14H2,1H3. The van der Waals surface area contributed by atoms with Crippen molar-refractivity contribution in [3.8, 4) is 5.75 Å². The second kappa shape index (κ2) is 8.27. The molecule has 6 nitrogen and oxygen atoms in total. The fourth-order valence-electron chi connectivity index (χ4n) is 3.57. The quantitative estimate of drug-likeness (QED) is 0.705. The van der Waals surface area contributed by atoms with Gasteiger partial charge in [-0.2, -0.15) is 0 Å². The molecule has 2 aliphatic heterocycles. The molecule has 4 rings (SSSR count). The minimum atomic E-state index is -0.344. The van der Waals surface area contributed by atoms with Crippen molar-refractivity contribution in [2.75, 3.05) is 37.8 Å². The zero-order chi connectivity index (χ0) is 20.4. The number of carbonyl (C=O) groups excluding carboxylic acids is 2. The Morgan fingerprint density at radius 1 is 0.966 bits per heavy atom. The lowest BCUT2D eigenvalue weighted by Crippen LogP contribution is -2.40. The summed E-state index contributed by atoms with van der Waals surface area (Å²) in [4.78, 5) is 29.9. The predicted molar refractivity (Wildman–Crippen MR) is 111 cm³/mol. The van der Waals surface area contributed by atoms with Crippen molar-refractivity contribution < 1.29 is 19.1 Å². The topological polar surface area (TPSA) is 59.1 Å². The third-order valence-corrected chi connectivity index (χ3v) is 5.18. The molecule has 0 bridgehead atoms. The van der Waals surface area contributed by atoms with Crippen molar-refractivity contribution in [3.63, 3.8) is 0 Å². The Bertz CT molecular complexity index is 948.